The van der Waals surface area contributed by atoms with Gasteiger partial charge in [-0.1, -0.05) is 6.07 Å². The molecule has 2 atom stereocenters. The summed E-state index contributed by atoms with van der Waals surface area (Å²) in [5, 5.41) is 13.2. The Bertz CT molecular complexity index is 510. The van der Waals surface area contributed by atoms with Gasteiger partial charge in [-0.2, -0.15) is 0 Å². The van der Waals surface area contributed by atoms with Crippen LogP contribution in [0.5, 0.6) is 0 Å². The molecule has 1 saturated heterocycles. The summed E-state index contributed by atoms with van der Waals surface area (Å²) in [6.45, 7) is 0.246. The highest BCUT2D eigenvalue weighted by Gasteiger charge is 2.40. The molecule has 1 aliphatic heterocycles. The van der Waals surface area contributed by atoms with E-state index in [-0.39, 0.29) is 18.0 Å². The third-order valence-corrected chi connectivity index (χ3v) is 2.58. The van der Waals surface area contributed by atoms with Crippen molar-refractivity contribution in [2.24, 2.45) is 0 Å². The van der Waals surface area contributed by atoms with Crippen molar-refractivity contribution in [3.8, 4) is 0 Å². The molecular weight excluding hydrogens is 226 g/mol. The van der Waals surface area contributed by atoms with Crippen LogP contribution < -0.4 is 16.2 Å². The SMILES string of the molecule is O=C(O)N[C@@H]1C(=O)N[C@H]1Cn1ccccc1=O. The average Bonchev–Trinajstić information content (AvgIpc) is 2.28. The predicted octanol–water partition coefficient (Wildman–Crippen LogP) is -1.02. The lowest BCUT2D eigenvalue weighted by molar-refractivity contribution is -0.131. The summed E-state index contributed by atoms with van der Waals surface area (Å²) in [5.74, 6) is -0.374. The van der Waals surface area contributed by atoms with Crippen molar-refractivity contribution in [2.45, 2.75) is 18.6 Å². The second kappa shape index (κ2) is 4.28. The van der Waals surface area contributed by atoms with Crippen molar-refractivity contribution in [1.29, 1.82) is 0 Å². The van der Waals surface area contributed by atoms with E-state index in [1.807, 2.05) is 0 Å². The fourth-order valence-electron chi connectivity index (χ4n) is 1.72. The topological polar surface area (TPSA) is 100 Å². The second-order valence-corrected chi connectivity index (χ2v) is 3.73. The number of carbonyl (C=O) groups is 2. The van der Waals surface area contributed by atoms with Gasteiger partial charge in [0.2, 0.25) is 5.91 Å². The van der Waals surface area contributed by atoms with Crippen LogP contribution in [0.4, 0.5) is 4.79 Å². The molecule has 0 aliphatic carbocycles. The molecule has 3 N–H and O–H groups in total. The third-order valence-electron chi connectivity index (χ3n) is 2.58. The second-order valence-electron chi connectivity index (χ2n) is 3.73. The maximum Gasteiger partial charge on any atom is 0.405 e. The summed E-state index contributed by atoms with van der Waals surface area (Å²) >= 11 is 0. The van der Waals surface area contributed by atoms with Gasteiger partial charge in [-0.15, -0.1) is 0 Å². The molecule has 1 aromatic heterocycles. The molecule has 0 radical (unpaired) electrons. The molecule has 0 spiro atoms. The van der Waals surface area contributed by atoms with Gasteiger partial charge in [-0.05, 0) is 6.07 Å². The molecular formula is C10H11N3O4. The van der Waals surface area contributed by atoms with Crippen LogP contribution in [-0.4, -0.2) is 33.8 Å². The van der Waals surface area contributed by atoms with Crippen molar-refractivity contribution in [3.05, 3.63) is 34.7 Å². The average molecular weight is 237 g/mol. The minimum atomic E-state index is -1.25. The first kappa shape index (κ1) is 11.2. The van der Waals surface area contributed by atoms with Crippen LogP contribution in [0.1, 0.15) is 0 Å². The van der Waals surface area contributed by atoms with Gasteiger partial charge in [0.25, 0.3) is 5.56 Å². The van der Waals surface area contributed by atoms with E-state index in [4.69, 9.17) is 5.11 Å². The first-order chi connectivity index (χ1) is 8.08. The summed E-state index contributed by atoms with van der Waals surface area (Å²) in [4.78, 5) is 33.0. The molecule has 0 unspecified atom stereocenters. The Hall–Kier alpha value is -2.31. The van der Waals surface area contributed by atoms with Gasteiger partial charge in [-0.25, -0.2) is 4.79 Å². The molecule has 0 aromatic carbocycles. The highest BCUT2D eigenvalue weighted by molar-refractivity contribution is 5.91. The van der Waals surface area contributed by atoms with Crippen molar-refractivity contribution < 1.29 is 14.7 Å². The number of pyridine rings is 1. The zero-order chi connectivity index (χ0) is 12.4. The maximum atomic E-state index is 11.4. The standard InChI is InChI=1S/C10H11N3O4/c14-7-3-1-2-4-13(7)5-6-8(9(15)11-6)12-10(16)17/h1-4,6,8,12H,5H2,(H,11,15)(H,16,17)/t6-,8-/m0/s1. The van der Waals surface area contributed by atoms with Crippen LogP contribution in [-0.2, 0) is 11.3 Å². The van der Waals surface area contributed by atoms with Crippen LogP contribution in [0, 0.1) is 0 Å². The molecule has 2 amide bonds. The lowest BCUT2D eigenvalue weighted by Gasteiger charge is -2.36. The van der Waals surface area contributed by atoms with Gasteiger partial charge >= 0.3 is 6.09 Å². The summed E-state index contributed by atoms with van der Waals surface area (Å²) in [6, 6.07) is 3.53. The number of hydrogen-bond donors (Lipinski definition) is 3. The van der Waals surface area contributed by atoms with E-state index >= 15 is 0 Å². The van der Waals surface area contributed by atoms with E-state index in [0.717, 1.165) is 0 Å². The number of amides is 2. The van der Waals surface area contributed by atoms with Gasteiger partial charge < -0.3 is 20.3 Å². The number of β-lactam (4-membered cyclic amide) rings is 1. The van der Waals surface area contributed by atoms with Crippen LogP contribution in [0.15, 0.2) is 29.2 Å². The van der Waals surface area contributed by atoms with Gasteiger partial charge in [0.15, 0.2) is 0 Å². The number of hydrogen-bond acceptors (Lipinski definition) is 3. The predicted molar refractivity (Wildman–Crippen MR) is 57.6 cm³/mol. The molecule has 17 heavy (non-hydrogen) atoms. The molecule has 0 saturated carbocycles. The van der Waals surface area contributed by atoms with Crippen molar-refractivity contribution in [1.82, 2.24) is 15.2 Å². The largest absolute Gasteiger partial charge is 0.465 e. The Morgan fingerprint density at radius 3 is 2.82 bits per heavy atom. The highest BCUT2D eigenvalue weighted by Crippen LogP contribution is 2.08. The lowest BCUT2D eigenvalue weighted by atomic mass is 9.99. The van der Waals surface area contributed by atoms with E-state index < -0.39 is 18.2 Å². The maximum absolute atomic E-state index is 11.4. The van der Waals surface area contributed by atoms with E-state index in [9.17, 15) is 14.4 Å². The van der Waals surface area contributed by atoms with E-state index in [1.54, 1.807) is 18.3 Å². The molecule has 2 rings (SSSR count). The Labute approximate surface area is 96.1 Å². The number of carboxylic acid groups (broad SMARTS) is 1. The Balaban J connectivity index is 2.05. The quantitative estimate of drug-likeness (QED) is 0.586. The molecule has 1 fully saturated rings. The highest BCUT2D eigenvalue weighted by atomic mass is 16.4. The fraction of sp³-hybridized carbons (Fsp3) is 0.300. The molecule has 2 heterocycles. The molecule has 90 valence electrons. The van der Waals surface area contributed by atoms with Gasteiger partial charge in [-0.3, -0.25) is 9.59 Å². The fourth-order valence-corrected chi connectivity index (χ4v) is 1.72. The number of rotatable bonds is 3. The van der Waals surface area contributed by atoms with Crippen molar-refractivity contribution in [2.75, 3.05) is 0 Å². The van der Waals surface area contributed by atoms with Gasteiger partial charge in [0, 0.05) is 18.8 Å². The van der Waals surface area contributed by atoms with Crippen LogP contribution >= 0.6 is 0 Å². The number of aromatic nitrogens is 1. The first-order valence-electron chi connectivity index (χ1n) is 5.03. The van der Waals surface area contributed by atoms with Crippen LogP contribution in [0.2, 0.25) is 0 Å². The normalized spacial score (nSPS) is 22.5. The Morgan fingerprint density at radius 1 is 1.47 bits per heavy atom. The molecule has 1 aliphatic rings. The van der Waals surface area contributed by atoms with Gasteiger partial charge in [0.1, 0.15) is 6.04 Å². The molecule has 1 aromatic rings. The van der Waals surface area contributed by atoms with Crippen LogP contribution in [0.3, 0.4) is 0 Å². The third kappa shape index (κ3) is 2.27. The first-order valence-corrected chi connectivity index (χ1v) is 5.03. The Kier molecular flexibility index (Phi) is 2.82. The summed E-state index contributed by atoms with van der Waals surface area (Å²) in [6.07, 6.45) is 0.334. The minimum absolute atomic E-state index is 0.192. The summed E-state index contributed by atoms with van der Waals surface area (Å²) in [5.41, 5.74) is -0.192. The zero-order valence-corrected chi connectivity index (χ0v) is 8.79. The molecule has 7 heteroatoms. The molecule has 0 bridgehead atoms. The smallest absolute Gasteiger partial charge is 0.405 e. The zero-order valence-electron chi connectivity index (χ0n) is 8.79. The minimum Gasteiger partial charge on any atom is -0.465 e. The van der Waals surface area contributed by atoms with Crippen molar-refractivity contribution in [3.63, 3.8) is 0 Å². The van der Waals surface area contributed by atoms with E-state index in [2.05, 4.69) is 10.6 Å². The van der Waals surface area contributed by atoms with E-state index in [1.165, 1.54) is 10.6 Å². The van der Waals surface area contributed by atoms with Crippen LogP contribution in [0.25, 0.3) is 0 Å². The number of nitrogens with zero attached hydrogens (tertiary/aromatic N) is 1. The van der Waals surface area contributed by atoms with E-state index in [0.29, 0.717) is 0 Å². The number of carbonyl (C=O) groups excluding carboxylic acids is 1. The Morgan fingerprint density at radius 2 is 2.24 bits per heavy atom. The van der Waals surface area contributed by atoms with Gasteiger partial charge in [0.05, 0.1) is 6.04 Å². The monoisotopic (exact) mass is 237 g/mol. The lowest BCUT2D eigenvalue weighted by Crippen LogP contribution is -2.70. The summed E-state index contributed by atoms with van der Waals surface area (Å²) < 4.78 is 1.42. The molecule has 7 nitrogen and oxygen atoms in total. The van der Waals surface area contributed by atoms with Crippen molar-refractivity contribution >= 4 is 12.0 Å². The summed E-state index contributed by atoms with van der Waals surface area (Å²) in [7, 11) is 0. The number of nitrogens with one attached hydrogen (secondary N) is 2.